The number of hydrogen-bond donors (Lipinski definition) is 2. The van der Waals surface area contributed by atoms with Crippen LogP contribution in [0, 0.1) is 12.3 Å². The van der Waals surface area contributed by atoms with Gasteiger partial charge in [-0.25, -0.2) is 4.79 Å². The zero-order chi connectivity index (χ0) is 28.1. The number of nitrogens with zero attached hydrogens (tertiary/aromatic N) is 3. The number of terminal acetylenes is 1. The van der Waals surface area contributed by atoms with Gasteiger partial charge in [-0.05, 0) is 54.8 Å². The van der Waals surface area contributed by atoms with E-state index in [1.807, 2.05) is 49.4 Å². The first kappa shape index (κ1) is 27.2. The minimum atomic E-state index is -1.80. The third-order valence-electron chi connectivity index (χ3n) is 6.75. The van der Waals surface area contributed by atoms with Crippen LogP contribution in [0.3, 0.4) is 0 Å². The smallest absolute Gasteiger partial charge is 0.430 e. The molecular formula is C29H29N5O5S. The van der Waals surface area contributed by atoms with E-state index in [1.54, 1.807) is 28.5 Å². The van der Waals surface area contributed by atoms with E-state index in [2.05, 4.69) is 21.6 Å². The fraction of sp³-hybridized carbons (Fsp3) is 0.276. The molecule has 0 spiro atoms. The molecule has 206 valence electrons. The molecule has 2 N–H and O–H groups in total. The predicted octanol–water partition coefficient (Wildman–Crippen LogP) is 3.32. The Hall–Kier alpha value is -4.37. The fourth-order valence-electron chi connectivity index (χ4n) is 4.79. The van der Waals surface area contributed by atoms with Crippen molar-refractivity contribution in [3.8, 4) is 12.3 Å². The number of hydrazine groups is 1. The number of carbonyl (C=O) groups excluding carboxylic acids is 3. The van der Waals surface area contributed by atoms with Gasteiger partial charge in [0.1, 0.15) is 5.00 Å². The van der Waals surface area contributed by atoms with Crippen LogP contribution in [0.25, 0.3) is 0 Å². The van der Waals surface area contributed by atoms with Crippen molar-refractivity contribution >= 4 is 45.6 Å². The maximum Gasteiger partial charge on any atom is 0.430 e. The van der Waals surface area contributed by atoms with Crippen molar-refractivity contribution in [3.05, 3.63) is 77.2 Å². The lowest BCUT2D eigenvalue weighted by atomic mass is 10.00. The summed E-state index contributed by atoms with van der Waals surface area (Å²) >= 11 is 1.23. The van der Waals surface area contributed by atoms with Gasteiger partial charge >= 0.3 is 6.09 Å². The van der Waals surface area contributed by atoms with E-state index in [1.165, 1.54) is 11.3 Å². The molecule has 0 bridgehead atoms. The fourth-order valence-corrected chi connectivity index (χ4v) is 5.69. The molecule has 2 aliphatic heterocycles. The van der Waals surface area contributed by atoms with Gasteiger partial charge in [-0.3, -0.25) is 9.59 Å². The van der Waals surface area contributed by atoms with E-state index < -0.39 is 23.6 Å². The number of ether oxygens (including phenoxy) is 2. The van der Waals surface area contributed by atoms with E-state index >= 15 is 0 Å². The summed E-state index contributed by atoms with van der Waals surface area (Å²) in [6, 6.07) is 18.0. The number of carbonyl (C=O) groups is 3. The second-order valence-corrected chi connectivity index (χ2v) is 9.98. The Morgan fingerprint density at radius 3 is 2.52 bits per heavy atom. The Morgan fingerprint density at radius 2 is 1.85 bits per heavy atom. The number of para-hydroxylation sites is 1. The molecule has 3 aromatic rings. The quantitative estimate of drug-likeness (QED) is 0.428. The molecule has 0 aliphatic carbocycles. The highest BCUT2D eigenvalue weighted by molar-refractivity contribution is 7.14. The SMILES string of the molecule is C#CCOC(=O)N1NC(NC(=O)c2ccc(N3CCOCC3)cc2)(C(=O)N(CC)c2ccccc2)c2ccsc21. The summed E-state index contributed by atoms with van der Waals surface area (Å²) in [6.45, 7) is 4.75. The summed E-state index contributed by atoms with van der Waals surface area (Å²) in [7, 11) is 0. The average molecular weight is 560 g/mol. The van der Waals surface area contributed by atoms with E-state index in [9.17, 15) is 14.4 Å². The van der Waals surface area contributed by atoms with Gasteiger partial charge in [0, 0.05) is 42.1 Å². The maximum absolute atomic E-state index is 14.4. The molecule has 2 aliphatic rings. The highest BCUT2D eigenvalue weighted by Crippen LogP contribution is 2.42. The summed E-state index contributed by atoms with van der Waals surface area (Å²) in [5.74, 6) is 1.31. The van der Waals surface area contributed by atoms with Crippen molar-refractivity contribution in [2.75, 3.05) is 54.3 Å². The number of likely N-dealkylation sites (N-methyl/N-ethyl adjacent to an activating group) is 1. The van der Waals surface area contributed by atoms with Gasteiger partial charge in [0.2, 0.25) is 5.66 Å². The third-order valence-corrected chi connectivity index (χ3v) is 7.65. The molecule has 0 radical (unpaired) electrons. The second-order valence-electron chi connectivity index (χ2n) is 9.08. The van der Waals surface area contributed by atoms with Crippen LogP contribution < -0.4 is 25.6 Å². The molecular weight excluding hydrogens is 530 g/mol. The highest BCUT2D eigenvalue weighted by atomic mass is 32.1. The Kier molecular flexibility index (Phi) is 8.02. The zero-order valence-electron chi connectivity index (χ0n) is 22.0. The molecule has 11 heteroatoms. The highest BCUT2D eigenvalue weighted by Gasteiger charge is 2.54. The van der Waals surface area contributed by atoms with Crippen LogP contribution in [0.1, 0.15) is 22.8 Å². The monoisotopic (exact) mass is 559 g/mol. The van der Waals surface area contributed by atoms with Crippen molar-refractivity contribution in [2.45, 2.75) is 12.6 Å². The van der Waals surface area contributed by atoms with Crippen molar-refractivity contribution in [2.24, 2.45) is 0 Å². The molecule has 1 atom stereocenters. The molecule has 2 aromatic carbocycles. The van der Waals surface area contributed by atoms with Crippen LogP contribution in [-0.4, -0.2) is 57.4 Å². The molecule has 1 aromatic heterocycles. The summed E-state index contributed by atoms with van der Waals surface area (Å²) in [6.07, 6.45) is 4.48. The Bertz CT molecular complexity index is 1410. The van der Waals surface area contributed by atoms with Gasteiger partial charge in [0.25, 0.3) is 11.8 Å². The van der Waals surface area contributed by atoms with Crippen molar-refractivity contribution in [1.29, 1.82) is 0 Å². The molecule has 10 nitrogen and oxygen atoms in total. The van der Waals surface area contributed by atoms with Crippen LogP contribution in [0.2, 0.25) is 0 Å². The lowest BCUT2D eigenvalue weighted by molar-refractivity contribution is -0.126. The second kappa shape index (κ2) is 11.8. The van der Waals surface area contributed by atoms with E-state index in [4.69, 9.17) is 15.9 Å². The van der Waals surface area contributed by atoms with Gasteiger partial charge in [-0.1, -0.05) is 24.1 Å². The van der Waals surface area contributed by atoms with Crippen LogP contribution in [0.15, 0.2) is 66.0 Å². The van der Waals surface area contributed by atoms with Crippen LogP contribution in [0.5, 0.6) is 0 Å². The molecule has 0 saturated carbocycles. The molecule has 40 heavy (non-hydrogen) atoms. The maximum atomic E-state index is 14.4. The lowest BCUT2D eigenvalue weighted by Gasteiger charge is -2.35. The number of benzene rings is 2. The molecule has 1 unspecified atom stereocenters. The lowest BCUT2D eigenvalue weighted by Crippen LogP contribution is -2.66. The Morgan fingerprint density at radius 1 is 1.12 bits per heavy atom. The molecule has 5 rings (SSSR count). The van der Waals surface area contributed by atoms with Crippen LogP contribution in [0.4, 0.5) is 21.2 Å². The number of amides is 3. The summed E-state index contributed by atoms with van der Waals surface area (Å²) < 4.78 is 10.6. The van der Waals surface area contributed by atoms with Gasteiger partial charge in [-0.15, -0.1) is 17.8 Å². The number of rotatable bonds is 7. The molecule has 3 amide bonds. The normalized spacial score (nSPS) is 18.0. The number of morpholine rings is 1. The topological polar surface area (TPSA) is 103 Å². The molecule has 1 saturated heterocycles. The summed E-state index contributed by atoms with van der Waals surface area (Å²) in [5.41, 5.74) is 3.57. The summed E-state index contributed by atoms with van der Waals surface area (Å²) in [4.78, 5) is 44.8. The van der Waals surface area contributed by atoms with Gasteiger partial charge in [0.05, 0.1) is 13.2 Å². The van der Waals surface area contributed by atoms with Crippen LogP contribution >= 0.6 is 11.3 Å². The van der Waals surface area contributed by atoms with Gasteiger partial charge in [-0.2, -0.15) is 10.4 Å². The number of fused-ring (bicyclic) bond motifs is 1. The predicted molar refractivity (Wildman–Crippen MR) is 153 cm³/mol. The molecule has 1 fully saturated rings. The minimum absolute atomic E-state index is 0.244. The Balaban J connectivity index is 1.50. The van der Waals surface area contributed by atoms with Crippen molar-refractivity contribution in [3.63, 3.8) is 0 Å². The first-order chi connectivity index (χ1) is 19.5. The number of thiophene rings is 1. The average Bonchev–Trinajstić information content (AvgIpc) is 3.60. The van der Waals surface area contributed by atoms with Gasteiger partial charge in [0.15, 0.2) is 6.61 Å². The summed E-state index contributed by atoms with van der Waals surface area (Å²) in [5, 5.41) is 6.20. The first-order valence-corrected chi connectivity index (χ1v) is 13.7. The van der Waals surface area contributed by atoms with Gasteiger partial charge < -0.3 is 24.6 Å². The first-order valence-electron chi connectivity index (χ1n) is 12.9. The van der Waals surface area contributed by atoms with Crippen LogP contribution in [-0.2, 0) is 19.9 Å². The standard InChI is InChI=1S/C29H29N5O5S/c1-3-17-39-28(37)34-26-24(14-20-40-26)29(31-34,27(36)33(4-2)23-8-6-5-7-9-23)30-25(35)21-10-12-22(13-11-21)32-15-18-38-19-16-32/h1,5-14,20,31H,4,15-19H2,2H3,(H,30,35). The van der Waals surface area contributed by atoms with E-state index in [-0.39, 0.29) is 6.61 Å². The zero-order valence-corrected chi connectivity index (χ0v) is 22.8. The van der Waals surface area contributed by atoms with Crippen molar-refractivity contribution in [1.82, 2.24) is 10.7 Å². The largest absolute Gasteiger partial charge is 0.435 e. The molecule has 3 heterocycles. The minimum Gasteiger partial charge on any atom is -0.435 e. The third kappa shape index (κ3) is 5.12. The number of hydrogen-bond acceptors (Lipinski definition) is 8. The van der Waals surface area contributed by atoms with E-state index in [0.717, 1.165) is 23.8 Å². The number of anilines is 3. The number of nitrogens with one attached hydrogen (secondary N) is 2. The van der Waals surface area contributed by atoms with E-state index in [0.29, 0.717) is 41.6 Å². The Labute approximate surface area is 236 Å². The van der Waals surface area contributed by atoms with Crippen molar-refractivity contribution < 1.29 is 23.9 Å².